The molecule has 1 aromatic heterocycles. The molecule has 0 fully saturated rings. The van der Waals surface area contributed by atoms with E-state index in [0.717, 1.165) is 5.69 Å². The number of rotatable bonds is 7. The van der Waals surface area contributed by atoms with Gasteiger partial charge in [-0.05, 0) is 50.2 Å². The van der Waals surface area contributed by atoms with Crippen molar-refractivity contribution >= 4 is 16.8 Å². The fourth-order valence-electron chi connectivity index (χ4n) is 2.80. The maximum absolute atomic E-state index is 12.6. The highest BCUT2D eigenvalue weighted by atomic mass is 16.5. The maximum atomic E-state index is 12.6. The lowest BCUT2D eigenvalue weighted by Crippen LogP contribution is -2.28. The smallest absolute Gasteiger partial charge is 0.252 e. The molecule has 0 aliphatic heterocycles. The largest absolute Gasteiger partial charge is 0.508 e. The first-order valence-corrected chi connectivity index (χ1v) is 8.81. The topological polar surface area (TPSA) is 80.7 Å². The second-order valence-corrected chi connectivity index (χ2v) is 6.00. The molecule has 0 bridgehead atoms. The summed E-state index contributed by atoms with van der Waals surface area (Å²) < 4.78 is 11.2. The Kier molecular flexibility index (Phi) is 5.76. The molecule has 6 heteroatoms. The molecule has 3 rings (SSSR count). The number of hydrogen-bond acceptors (Lipinski definition) is 5. The summed E-state index contributed by atoms with van der Waals surface area (Å²) in [5.74, 6) is 1.18. The summed E-state index contributed by atoms with van der Waals surface area (Å²) in [5.41, 5.74) is 1.88. The number of pyridine rings is 1. The first-order valence-electron chi connectivity index (χ1n) is 8.81. The molecular formula is C21H22N2O4. The summed E-state index contributed by atoms with van der Waals surface area (Å²) in [6.07, 6.45) is 0. The van der Waals surface area contributed by atoms with Crippen molar-refractivity contribution in [1.82, 2.24) is 10.3 Å². The van der Waals surface area contributed by atoms with Gasteiger partial charge < -0.3 is 19.9 Å². The van der Waals surface area contributed by atoms with Gasteiger partial charge in [0.15, 0.2) is 11.5 Å². The molecule has 0 aliphatic carbocycles. The third kappa shape index (κ3) is 4.47. The molecule has 2 N–H and O–H groups in total. The molecule has 0 saturated heterocycles. The number of para-hydroxylation sites is 2. The summed E-state index contributed by atoms with van der Waals surface area (Å²) in [4.78, 5) is 17.0. The monoisotopic (exact) mass is 366 g/mol. The number of hydrogen-bond donors (Lipinski definition) is 2. The van der Waals surface area contributed by atoms with Crippen LogP contribution in [-0.2, 0) is 0 Å². The quantitative estimate of drug-likeness (QED) is 0.626. The number of phenols is 1. The van der Waals surface area contributed by atoms with E-state index in [1.54, 1.807) is 24.3 Å². The highest BCUT2D eigenvalue weighted by molar-refractivity contribution is 6.06. The highest BCUT2D eigenvalue weighted by Crippen LogP contribution is 2.26. The summed E-state index contributed by atoms with van der Waals surface area (Å²) in [7, 11) is 0. The summed E-state index contributed by atoms with van der Waals surface area (Å²) in [6, 6.07) is 13.9. The zero-order valence-electron chi connectivity index (χ0n) is 15.4. The van der Waals surface area contributed by atoms with E-state index >= 15 is 0 Å². The predicted molar refractivity (Wildman–Crippen MR) is 104 cm³/mol. The van der Waals surface area contributed by atoms with Gasteiger partial charge in [0, 0.05) is 11.1 Å². The van der Waals surface area contributed by atoms with Crippen LogP contribution in [0.5, 0.6) is 17.2 Å². The zero-order chi connectivity index (χ0) is 19.2. The Morgan fingerprint density at radius 2 is 1.85 bits per heavy atom. The maximum Gasteiger partial charge on any atom is 0.252 e. The highest BCUT2D eigenvalue weighted by Gasteiger charge is 2.12. The van der Waals surface area contributed by atoms with Gasteiger partial charge in [-0.3, -0.25) is 9.78 Å². The summed E-state index contributed by atoms with van der Waals surface area (Å²) in [5, 5.41) is 13.2. The van der Waals surface area contributed by atoms with Crippen molar-refractivity contribution in [2.45, 2.75) is 13.8 Å². The van der Waals surface area contributed by atoms with Gasteiger partial charge in [-0.2, -0.15) is 0 Å². The Hall–Kier alpha value is -3.28. The Balaban J connectivity index is 1.65. The number of aromatic nitrogens is 1. The molecule has 1 heterocycles. The lowest BCUT2D eigenvalue weighted by Gasteiger charge is -2.12. The number of carbonyl (C=O) groups excluding carboxylic acids is 1. The molecule has 0 radical (unpaired) electrons. The van der Waals surface area contributed by atoms with Crippen LogP contribution in [-0.4, -0.2) is 35.8 Å². The Labute approximate surface area is 157 Å². The average molecular weight is 366 g/mol. The summed E-state index contributed by atoms with van der Waals surface area (Å²) in [6.45, 7) is 4.94. The van der Waals surface area contributed by atoms with Crippen LogP contribution in [0.25, 0.3) is 10.9 Å². The van der Waals surface area contributed by atoms with Crippen LogP contribution in [0, 0.1) is 6.92 Å². The summed E-state index contributed by atoms with van der Waals surface area (Å²) >= 11 is 0. The van der Waals surface area contributed by atoms with Gasteiger partial charge >= 0.3 is 0 Å². The van der Waals surface area contributed by atoms with Gasteiger partial charge in [0.25, 0.3) is 5.91 Å². The number of aryl methyl sites for hydroxylation is 1. The van der Waals surface area contributed by atoms with Gasteiger partial charge in [0.1, 0.15) is 12.4 Å². The van der Waals surface area contributed by atoms with E-state index in [4.69, 9.17) is 9.47 Å². The lowest BCUT2D eigenvalue weighted by molar-refractivity contribution is 0.0948. The first-order chi connectivity index (χ1) is 13.1. The third-order valence-electron chi connectivity index (χ3n) is 3.96. The van der Waals surface area contributed by atoms with E-state index in [-0.39, 0.29) is 11.7 Å². The van der Waals surface area contributed by atoms with Crippen LogP contribution in [0.2, 0.25) is 0 Å². The molecular weight excluding hydrogens is 344 g/mol. The molecule has 0 unspecified atom stereocenters. The van der Waals surface area contributed by atoms with Crippen LogP contribution >= 0.6 is 0 Å². The van der Waals surface area contributed by atoms with Crippen molar-refractivity contribution in [1.29, 1.82) is 0 Å². The predicted octanol–water partition coefficient (Wildman–Crippen LogP) is 3.46. The molecule has 27 heavy (non-hydrogen) atoms. The van der Waals surface area contributed by atoms with Gasteiger partial charge in [-0.1, -0.05) is 12.1 Å². The number of fused-ring (bicyclic) bond motifs is 1. The number of nitrogens with one attached hydrogen (secondary N) is 1. The molecule has 140 valence electrons. The van der Waals surface area contributed by atoms with E-state index in [0.29, 0.717) is 47.7 Å². The molecule has 3 aromatic rings. The number of amides is 1. The molecule has 1 amide bonds. The van der Waals surface area contributed by atoms with Crippen LogP contribution < -0.4 is 14.8 Å². The minimum atomic E-state index is -0.238. The van der Waals surface area contributed by atoms with Crippen LogP contribution in [0.3, 0.4) is 0 Å². The fraction of sp³-hybridized carbons (Fsp3) is 0.238. The second-order valence-electron chi connectivity index (χ2n) is 6.00. The van der Waals surface area contributed by atoms with Gasteiger partial charge in [0.2, 0.25) is 0 Å². The zero-order valence-corrected chi connectivity index (χ0v) is 15.4. The van der Waals surface area contributed by atoms with Crippen molar-refractivity contribution < 1.29 is 19.4 Å². The minimum absolute atomic E-state index is 0.0954. The van der Waals surface area contributed by atoms with Crippen LogP contribution in [0.1, 0.15) is 23.0 Å². The van der Waals surface area contributed by atoms with Gasteiger partial charge in [-0.25, -0.2) is 0 Å². The first kappa shape index (κ1) is 18.5. The van der Waals surface area contributed by atoms with E-state index in [1.807, 2.05) is 38.1 Å². The molecule has 6 nitrogen and oxygen atoms in total. The molecule has 0 saturated carbocycles. The van der Waals surface area contributed by atoms with Crippen molar-refractivity contribution in [2.24, 2.45) is 0 Å². The molecule has 0 spiro atoms. The van der Waals surface area contributed by atoms with E-state index in [1.165, 1.54) is 0 Å². The normalized spacial score (nSPS) is 10.6. The van der Waals surface area contributed by atoms with Crippen LogP contribution in [0.15, 0.2) is 48.5 Å². The number of phenolic OH excluding ortho intramolecular Hbond substituents is 1. The molecule has 0 atom stereocenters. The van der Waals surface area contributed by atoms with Crippen LogP contribution in [0.4, 0.5) is 0 Å². The Morgan fingerprint density at radius 3 is 2.59 bits per heavy atom. The third-order valence-corrected chi connectivity index (χ3v) is 3.96. The van der Waals surface area contributed by atoms with Gasteiger partial charge in [-0.15, -0.1) is 0 Å². The number of carbonyl (C=O) groups is 1. The number of ether oxygens (including phenoxy) is 2. The van der Waals surface area contributed by atoms with Crippen molar-refractivity contribution in [3.05, 3.63) is 59.8 Å². The second kappa shape index (κ2) is 8.40. The van der Waals surface area contributed by atoms with E-state index in [9.17, 15) is 9.90 Å². The van der Waals surface area contributed by atoms with Gasteiger partial charge in [0.05, 0.1) is 24.2 Å². The fourth-order valence-corrected chi connectivity index (χ4v) is 2.80. The van der Waals surface area contributed by atoms with Crippen molar-refractivity contribution in [2.75, 3.05) is 19.8 Å². The average Bonchev–Trinajstić information content (AvgIpc) is 2.66. The number of aromatic hydroxyl groups is 1. The van der Waals surface area contributed by atoms with E-state index in [2.05, 4.69) is 10.3 Å². The van der Waals surface area contributed by atoms with Crippen molar-refractivity contribution in [3.63, 3.8) is 0 Å². The lowest BCUT2D eigenvalue weighted by atomic mass is 10.1. The molecule has 2 aromatic carbocycles. The van der Waals surface area contributed by atoms with E-state index < -0.39 is 0 Å². The van der Waals surface area contributed by atoms with Crippen molar-refractivity contribution in [3.8, 4) is 17.2 Å². The minimum Gasteiger partial charge on any atom is -0.508 e. The SMILES string of the molecule is CCOc1ccccc1OCCNC(=O)c1cc(C)nc2ccc(O)cc12. The molecule has 0 aliphatic rings. The number of benzene rings is 2. The number of nitrogens with zero attached hydrogens (tertiary/aromatic N) is 1. The standard InChI is InChI=1S/C21H22N2O4/c1-3-26-19-6-4-5-7-20(19)27-11-10-22-21(25)17-12-14(2)23-18-9-8-15(24)13-16(17)18/h4-9,12-13,24H,3,10-11H2,1-2H3,(H,22,25). The Morgan fingerprint density at radius 1 is 1.11 bits per heavy atom. The Bertz CT molecular complexity index is 956.